The van der Waals surface area contributed by atoms with Crippen LogP contribution in [0.1, 0.15) is 11.1 Å². The Labute approximate surface area is 93.6 Å². The second-order valence-corrected chi connectivity index (χ2v) is 3.30. The molecule has 0 atom stereocenters. The number of nitrogen functional groups attached to an aromatic ring is 2. The molecule has 1 aromatic carbocycles. The minimum atomic E-state index is 0.389. The van der Waals surface area contributed by atoms with Crippen molar-refractivity contribution in [3.05, 3.63) is 47.8 Å². The van der Waals surface area contributed by atoms with Gasteiger partial charge in [0.25, 0.3) is 0 Å². The maximum atomic E-state index is 5.70. The summed E-state index contributed by atoms with van der Waals surface area (Å²) in [6, 6.07) is 9.88. The van der Waals surface area contributed by atoms with E-state index in [1.54, 1.807) is 0 Å². The summed E-state index contributed by atoms with van der Waals surface area (Å²) in [4.78, 5) is 7.78. The zero-order chi connectivity index (χ0) is 11.4. The second kappa shape index (κ2) is 4.44. The van der Waals surface area contributed by atoms with E-state index in [2.05, 4.69) is 9.97 Å². The molecule has 4 N–H and O–H groups in total. The van der Waals surface area contributed by atoms with E-state index in [1.165, 1.54) is 6.33 Å². The first-order chi connectivity index (χ1) is 7.77. The summed E-state index contributed by atoms with van der Waals surface area (Å²) in [7, 11) is 0. The second-order valence-electron chi connectivity index (χ2n) is 3.30. The van der Waals surface area contributed by atoms with Crippen LogP contribution < -0.4 is 11.5 Å². The lowest BCUT2D eigenvalue weighted by Crippen LogP contribution is -2.00. The van der Waals surface area contributed by atoms with Crippen LogP contribution in [0.15, 0.2) is 36.7 Å². The molecule has 16 heavy (non-hydrogen) atoms. The van der Waals surface area contributed by atoms with Gasteiger partial charge in [0.05, 0.1) is 5.56 Å². The Hall–Kier alpha value is -2.36. The average Bonchev–Trinajstić information content (AvgIpc) is 2.30. The van der Waals surface area contributed by atoms with Gasteiger partial charge in [0, 0.05) is 0 Å². The van der Waals surface area contributed by atoms with Crippen molar-refractivity contribution < 1.29 is 0 Å². The quantitative estimate of drug-likeness (QED) is 0.795. The van der Waals surface area contributed by atoms with Gasteiger partial charge in [0.15, 0.2) is 0 Å². The first kappa shape index (κ1) is 10.2. The van der Waals surface area contributed by atoms with Crippen LogP contribution in [0.25, 0.3) is 12.2 Å². The molecule has 4 nitrogen and oxygen atoms in total. The van der Waals surface area contributed by atoms with E-state index < -0.39 is 0 Å². The lowest BCUT2D eigenvalue weighted by molar-refractivity contribution is 1.18. The minimum absolute atomic E-state index is 0.389. The van der Waals surface area contributed by atoms with Gasteiger partial charge >= 0.3 is 0 Å². The summed E-state index contributed by atoms with van der Waals surface area (Å²) in [5.74, 6) is 0.777. The van der Waals surface area contributed by atoms with Gasteiger partial charge in [-0.05, 0) is 11.6 Å². The molecule has 0 spiro atoms. The van der Waals surface area contributed by atoms with Gasteiger partial charge < -0.3 is 11.5 Å². The zero-order valence-corrected chi connectivity index (χ0v) is 8.67. The van der Waals surface area contributed by atoms with Crippen LogP contribution in [0.4, 0.5) is 11.6 Å². The summed E-state index contributed by atoms with van der Waals surface area (Å²) in [5, 5.41) is 0. The number of hydrogen-bond acceptors (Lipinski definition) is 4. The first-order valence-corrected chi connectivity index (χ1v) is 4.86. The molecule has 2 aromatic rings. The van der Waals surface area contributed by atoms with Crippen LogP contribution in [0, 0.1) is 0 Å². The molecule has 0 bridgehead atoms. The third kappa shape index (κ3) is 2.17. The van der Waals surface area contributed by atoms with E-state index in [4.69, 9.17) is 11.5 Å². The normalized spacial score (nSPS) is 10.8. The number of nitrogens with zero attached hydrogens (tertiary/aromatic N) is 2. The fourth-order valence-electron chi connectivity index (χ4n) is 1.34. The lowest BCUT2D eigenvalue weighted by Gasteiger charge is -2.01. The van der Waals surface area contributed by atoms with Crippen molar-refractivity contribution in [3.63, 3.8) is 0 Å². The first-order valence-electron chi connectivity index (χ1n) is 4.86. The van der Waals surface area contributed by atoms with Gasteiger partial charge in [-0.2, -0.15) is 0 Å². The molecule has 80 valence electrons. The highest BCUT2D eigenvalue weighted by Gasteiger charge is 2.01. The summed E-state index contributed by atoms with van der Waals surface area (Å²) in [6.45, 7) is 0. The maximum Gasteiger partial charge on any atom is 0.136 e. The SMILES string of the molecule is Nc1ncnc(N)c1/C=C/c1ccccc1. The number of benzene rings is 1. The number of anilines is 2. The summed E-state index contributed by atoms with van der Waals surface area (Å²) < 4.78 is 0. The molecule has 0 aliphatic carbocycles. The maximum absolute atomic E-state index is 5.70. The molecule has 0 aliphatic rings. The van der Waals surface area contributed by atoms with Gasteiger partial charge in [-0.3, -0.25) is 0 Å². The van der Waals surface area contributed by atoms with Crippen LogP contribution >= 0.6 is 0 Å². The standard InChI is InChI=1S/C12H12N4/c13-11-10(12(14)16-8-15-11)7-6-9-4-2-1-3-5-9/h1-8H,(H4,13,14,15,16)/b7-6+. The largest absolute Gasteiger partial charge is 0.383 e. The van der Waals surface area contributed by atoms with Crippen molar-refractivity contribution >= 4 is 23.8 Å². The average molecular weight is 212 g/mol. The summed E-state index contributed by atoms with van der Waals surface area (Å²) in [5.41, 5.74) is 13.1. The van der Waals surface area contributed by atoms with Crippen molar-refractivity contribution in [2.45, 2.75) is 0 Å². The molecule has 0 saturated carbocycles. The van der Waals surface area contributed by atoms with Crippen LogP contribution in [0.2, 0.25) is 0 Å². The van der Waals surface area contributed by atoms with E-state index in [-0.39, 0.29) is 0 Å². The molecule has 2 rings (SSSR count). The van der Waals surface area contributed by atoms with Crippen molar-refractivity contribution in [2.24, 2.45) is 0 Å². The number of hydrogen-bond donors (Lipinski definition) is 2. The Morgan fingerprint density at radius 2 is 1.50 bits per heavy atom. The molecule has 1 heterocycles. The highest BCUT2D eigenvalue weighted by Crippen LogP contribution is 2.17. The fourth-order valence-corrected chi connectivity index (χ4v) is 1.34. The van der Waals surface area contributed by atoms with Gasteiger partial charge in [-0.1, -0.05) is 36.4 Å². The van der Waals surface area contributed by atoms with Crippen LogP contribution in [0.3, 0.4) is 0 Å². The van der Waals surface area contributed by atoms with Crippen molar-refractivity contribution in [2.75, 3.05) is 11.5 Å². The minimum Gasteiger partial charge on any atom is -0.383 e. The van der Waals surface area contributed by atoms with Gasteiger partial charge in [-0.15, -0.1) is 0 Å². The van der Waals surface area contributed by atoms with Crippen molar-refractivity contribution in [1.82, 2.24) is 9.97 Å². The van der Waals surface area contributed by atoms with E-state index in [0.29, 0.717) is 17.2 Å². The summed E-state index contributed by atoms with van der Waals surface area (Å²) >= 11 is 0. The van der Waals surface area contributed by atoms with E-state index in [1.807, 2.05) is 42.5 Å². The van der Waals surface area contributed by atoms with Gasteiger partial charge in [0.2, 0.25) is 0 Å². The molecule has 1 aromatic heterocycles. The topological polar surface area (TPSA) is 77.8 Å². The van der Waals surface area contributed by atoms with E-state index >= 15 is 0 Å². The fraction of sp³-hybridized carbons (Fsp3) is 0. The Morgan fingerprint density at radius 3 is 2.12 bits per heavy atom. The number of aromatic nitrogens is 2. The third-order valence-corrected chi connectivity index (χ3v) is 2.19. The zero-order valence-electron chi connectivity index (χ0n) is 8.67. The van der Waals surface area contributed by atoms with Gasteiger partial charge in [-0.25, -0.2) is 9.97 Å². The van der Waals surface area contributed by atoms with Crippen LogP contribution in [0.5, 0.6) is 0 Å². The molecular weight excluding hydrogens is 200 g/mol. The third-order valence-electron chi connectivity index (χ3n) is 2.19. The molecular formula is C12H12N4. The molecule has 0 aliphatic heterocycles. The van der Waals surface area contributed by atoms with Crippen LogP contribution in [-0.2, 0) is 0 Å². The van der Waals surface area contributed by atoms with Crippen molar-refractivity contribution in [1.29, 1.82) is 0 Å². The Kier molecular flexibility index (Phi) is 2.82. The Balaban J connectivity index is 2.31. The molecule has 0 unspecified atom stereocenters. The highest BCUT2D eigenvalue weighted by atomic mass is 15.0. The Morgan fingerprint density at radius 1 is 0.875 bits per heavy atom. The van der Waals surface area contributed by atoms with E-state index in [0.717, 1.165) is 5.56 Å². The molecule has 0 amide bonds. The summed E-state index contributed by atoms with van der Waals surface area (Å²) in [6.07, 6.45) is 5.09. The number of nitrogens with two attached hydrogens (primary N) is 2. The molecule has 0 saturated heterocycles. The smallest absolute Gasteiger partial charge is 0.136 e. The predicted molar refractivity (Wildman–Crippen MR) is 66.2 cm³/mol. The van der Waals surface area contributed by atoms with E-state index in [9.17, 15) is 0 Å². The monoisotopic (exact) mass is 212 g/mol. The number of rotatable bonds is 2. The lowest BCUT2D eigenvalue weighted by atomic mass is 10.1. The van der Waals surface area contributed by atoms with Crippen molar-refractivity contribution in [3.8, 4) is 0 Å². The predicted octanol–water partition coefficient (Wildman–Crippen LogP) is 1.81. The molecule has 0 fully saturated rings. The molecule has 4 heteroatoms. The Bertz CT molecular complexity index is 485. The van der Waals surface area contributed by atoms with Gasteiger partial charge in [0.1, 0.15) is 18.0 Å². The van der Waals surface area contributed by atoms with Crippen LogP contribution in [-0.4, -0.2) is 9.97 Å². The highest BCUT2D eigenvalue weighted by molar-refractivity contribution is 5.79. The molecule has 0 radical (unpaired) electrons.